The molecule has 2 unspecified atom stereocenters. The molecule has 14 nitrogen and oxygen atoms in total. The second-order valence-corrected chi connectivity index (χ2v) is 14.4. The molecule has 0 aromatic heterocycles. The molecule has 1 fully saturated rings. The van der Waals surface area contributed by atoms with Gasteiger partial charge in [0.25, 0.3) is 5.91 Å². The van der Waals surface area contributed by atoms with Crippen LogP contribution in [-0.2, 0) is 34.3 Å². The molecule has 3 aliphatic rings. The van der Waals surface area contributed by atoms with E-state index in [0.717, 1.165) is 11.8 Å². The summed E-state index contributed by atoms with van der Waals surface area (Å²) in [5, 5.41) is 3.85. The summed E-state index contributed by atoms with van der Waals surface area (Å²) in [6.07, 6.45) is 0.550. The first kappa shape index (κ1) is 38.5. The Morgan fingerprint density at radius 3 is 2.11 bits per heavy atom. The van der Waals surface area contributed by atoms with Gasteiger partial charge in [0.05, 0.1) is 20.9 Å². The molecule has 3 aromatic carbocycles. The summed E-state index contributed by atoms with van der Waals surface area (Å²) in [7, 11) is 0. The first-order valence-electron chi connectivity index (χ1n) is 16.4. The molecule has 2 atom stereocenters. The van der Waals surface area contributed by atoms with Crippen LogP contribution in [0.1, 0.15) is 77.4 Å². The highest BCUT2D eigenvalue weighted by molar-refractivity contribution is 8.01. The minimum atomic E-state index is -1.82. The molecule has 0 saturated carbocycles. The molecule has 0 bridgehead atoms. The maximum Gasteiger partial charge on any atom is 0.340 e. The molecule has 3 heterocycles. The van der Waals surface area contributed by atoms with E-state index in [-0.39, 0.29) is 74.8 Å². The number of benzene rings is 3. The fraction of sp³-hybridized carbons (Fsp3) is 0.306. The van der Waals surface area contributed by atoms with Gasteiger partial charge in [-0.15, -0.1) is 0 Å². The van der Waals surface area contributed by atoms with Gasteiger partial charge in [-0.05, 0) is 37.1 Å². The van der Waals surface area contributed by atoms with Crippen LogP contribution in [0, 0.1) is 0 Å². The van der Waals surface area contributed by atoms with Crippen molar-refractivity contribution in [2.45, 2.75) is 56.5 Å². The van der Waals surface area contributed by atoms with E-state index >= 15 is 0 Å². The average Bonchev–Trinajstić information content (AvgIpc) is 3.52. The Kier molecular flexibility index (Phi) is 10.9. The van der Waals surface area contributed by atoms with Crippen LogP contribution >= 0.6 is 35.0 Å². The zero-order valence-electron chi connectivity index (χ0n) is 28.7. The van der Waals surface area contributed by atoms with Crippen LogP contribution in [0.25, 0.3) is 0 Å². The highest BCUT2D eigenvalue weighted by Gasteiger charge is 2.54. The van der Waals surface area contributed by atoms with Gasteiger partial charge < -0.3 is 29.6 Å². The summed E-state index contributed by atoms with van der Waals surface area (Å²) in [6.45, 7) is 3.76. The van der Waals surface area contributed by atoms with E-state index in [0.29, 0.717) is 30.2 Å². The first-order chi connectivity index (χ1) is 25.6. The van der Waals surface area contributed by atoms with Gasteiger partial charge in [0.2, 0.25) is 23.3 Å². The number of esters is 3. The molecule has 4 amide bonds. The van der Waals surface area contributed by atoms with E-state index in [1.807, 2.05) is 5.32 Å². The van der Waals surface area contributed by atoms with Gasteiger partial charge in [-0.1, -0.05) is 41.0 Å². The lowest BCUT2D eigenvalue weighted by Gasteiger charge is -2.37. The van der Waals surface area contributed by atoms with Crippen LogP contribution in [-0.4, -0.2) is 70.4 Å². The largest absolute Gasteiger partial charge is 0.456 e. The van der Waals surface area contributed by atoms with Crippen molar-refractivity contribution < 1.29 is 56.9 Å². The number of fused-ring (bicyclic) bond motifs is 6. The summed E-state index contributed by atoms with van der Waals surface area (Å²) in [4.78, 5) is 87.5. The van der Waals surface area contributed by atoms with Gasteiger partial charge in [0, 0.05) is 74.7 Å². The molecule has 54 heavy (non-hydrogen) atoms. The summed E-state index contributed by atoms with van der Waals surface area (Å²) < 4.78 is 36.7. The van der Waals surface area contributed by atoms with Gasteiger partial charge in [-0.3, -0.25) is 33.7 Å². The number of thioether (sulfide) groups is 1. The summed E-state index contributed by atoms with van der Waals surface area (Å²) in [6, 6.07) is 9.99. The maximum atomic E-state index is 14.0. The number of carbonyl (C=O) groups excluding carboxylic acids is 7. The van der Waals surface area contributed by atoms with Crippen LogP contribution in [0.4, 0.5) is 4.39 Å². The number of rotatable bonds is 11. The van der Waals surface area contributed by atoms with E-state index in [9.17, 15) is 38.0 Å². The minimum absolute atomic E-state index is 0.00559. The lowest BCUT2D eigenvalue weighted by molar-refractivity contribution is -0.138. The Morgan fingerprint density at radius 2 is 1.54 bits per heavy atom. The number of likely N-dealkylation sites (tertiary alicyclic amines) is 1. The monoisotopic (exact) mass is 801 g/mol. The van der Waals surface area contributed by atoms with E-state index in [4.69, 9.17) is 42.1 Å². The molecular weight excluding hydrogens is 772 g/mol. The maximum absolute atomic E-state index is 14.0. The first-order valence-corrected chi connectivity index (χ1v) is 18.1. The molecule has 3 aromatic rings. The smallest absolute Gasteiger partial charge is 0.340 e. The third-order valence-electron chi connectivity index (χ3n) is 8.58. The number of ether oxygens (including phenoxy) is 4. The Morgan fingerprint density at radius 1 is 0.926 bits per heavy atom. The van der Waals surface area contributed by atoms with E-state index in [1.54, 1.807) is 6.07 Å². The SMILES string of the molecule is CC(=O)NC(F)SC1CC(=O)N(CCCCNC(=O)c2ccc3c(c2)C(=O)OC32c3cc(Cl)c(OC(C)=O)cc3Oc3cc(OC(C)=O)c(Cl)cc32)C1=O. The van der Waals surface area contributed by atoms with Crippen molar-refractivity contribution in [3.05, 3.63) is 80.3 Å². The van der Waals surface area contributed by atoms with Crippen LogP contribution < -0.4 is 24.8 Å². The standard InChI is InChI=1S/C36H30Cl2FN3O11S/c1-16(43)41-35(39)54-30-15-31(46)42(33(30)48)9-5-4-8-40-32(47)19-6-7-21-20(10-19)34(49)53-36(21)22-11-24(37)28(50-17(2)44)13-26(22)52-27-14-29(51-18(3)45)25(38)12-23(27)36/h6-7,10-14,30,35H,4-5,8-9,15H2,1-3H3,(H,40,47)(H,41,43). The Hall–Kier alpha value is -5.19. The van der Waals surface area contributed by atoms with Crippen molar-refractivity contribution in [3.63, 3.8) is 0 Å². The van der Waals surface area contributed by atoms with Crippen molar-refractivity contribution in [2.24, 2.45) is 0 Å². The summed E-state index contributed by atoms with van der Waals surface area (Å²) >= 11 is 13.6. The molecule has 6 rings (SSSR count). The molecule has 2 N–H and O–H groups in total. The predicted molar refractivity (Wildman–Crippen MR) is 190 cm³/mol. The normalized spacial score (nSPS) is 16.8. The quantitative estimate of drug-likeness (QED) is 0.0649. The number of imide groups is 1. The van der Waals surface area contributed by atoms with Gasteiger partial charge in [0.15, 0.2) is 17.1 Å². The van der Waals surface area contributed by atoms with Crippen molar-refractivity contribution in [1.29, 1.82) is 0 Å². The number of alkyl halides is 1. The number of hydrogen-bond acceptors (Lipinski definition) is 12. The zero-order chi connectivity index (χ0) is 39.1. The highest BCUT2D eigenvalue weighted by atomic mass is 35.5. The van der Waals surface area contributed by atoms with Gasteiger partial charge >= 0.3 is 17.9 Å². The van der Waals surface area contributed by atoms with Crippen molar-refractivity contribution >= 4 is 76.5 Å². The number of nitrogens with zero attached hydrogens (tertiary/aromatic N) is 1. The van der Waals surface area contributed by atoms with Crippen LogP contribution in [0.3, 0.4) is 0 Å². The third-order valence-corrected chi connectivity index (χ3v) is 10.2. The summed E-state index contributed by atoms with van der Waals surface area (Å²) in [5.41, 5.74) is -2.52. The highest BCUT2D eigenvalue weighted by Crippen LogP contribution is 2.59. The van der Waals surface area contributed by atoms with Gasteiger partial charge in [-0.2, -0.15) is 0 Å². The van der Waals surface area contributed by atoms with Crippen molar-refractivity contribution in [3.8, 4) is 23.0 Å². The van der Waals surface area contributed by atoms with Crippen molar-refractivity contribution in [2.75, 3.05) is 13.1 Å². The topological polar surface area (TPSA) is 184 Å². The number of hydrogen-bond donors (Lipinski definition) is 2. The number of carbonyl (C=O) groups is 7. The van der Waals surface area contributed by atoms with E-state index in [1.165, 1.54) is 50.2 Å². The number of amides is 4. The van der Waals surface area contributed by atoms with Crippen LogP contribution in [0.5, 0.6) is 23.0 Å². The molecule has 3 aliphatic heterocycles. The Balaban J connectivity index is 1.20. The number of halogens is 3. The Bertz CT molecular complexity index is 2080. The molecule has 282 valence electrons. The number of nitrogens with one attached hydrogen (secondary N) is 2. The van der Waals surface area contributed by atoms with Gasteiger partial charge in [-0.25, -0.2) is 9.18 Å². The molecule has 1 spiro atoms. The molecule has 0 radical (unpaired) electrons. The number of unbranched alkanes of at least 4 members (excludes halogenated alkanes) is 1. The third kappa shape index (κ3) is 7.45. The van der Waals surface area contributed by atoms with Gasteiger partial charge in [0.1, 0.15) is 11.5 Å². The molecule has 0 aliphatic carbocycles. The van der Waals surface area contributed by atoms with Crippen molar-refractivity contribution in [1.82, 2.24) is 15.5 Å². The van der Waals surface area contributed by atoms with E-state index < -0.39 is 58.0 Å². The van der Waals surface area contributed by atoms with Crippen LogP contribution in [0.2, 0.25) is 10.0 Å². The molecule has 18 heteroatoms. The lowest BCUT2D eigenvalue weighted by Crippen LogP contribution is -2.34. The average molecular weight is 803 g/mol. The molecule has 1 saturated heterocycles. The second kappa shape index (κ2) is 15.3. The predicted octanol–water partition coefficient (Wildman–Crippen LogP) is 5.17. The van der Waals surface area contributed by atoms with Crippen LogP contribution in [0.15, 0.2) is 42.5 Å². The lowest BCUT2D eigenvalue weighted by atomic mass is 9.77. The minimum Gasteiger partial charge on any atom is -0.456 e. The fourth-order valence-electron chi connectivity index (χ4n) is 6.36. The summed E-state index contributed by atoms with van der Waals surface area (Å²) in [5.74, 6) is -4.03. The fourth-order valence-corrected chi connectivity index (χ4v) is 7.77. The zero-order valence-corrected chi connectivity index (χ0v) is 31.0. The van der Waals surface area contributed by atoms with E-state index in [2.05, 4.69) is 5.32 Å². The second-order valence-electron chi connectivity index (χ2n) is 12.4. The Labute approximate surface area is 320 Å². The molecular formula is C36H30Cl2FN3O11S.